The normalized spacial score (nSPS) is 12.0. The summed E-state index contributed by atoms with van der Waals surface area (Å²) >= 11 is 1.34. The third-order valence-electron chi connectivity index (χ3n) is 3.34. The monoisotopic (exact) mass is 320 g/mol. The second-order valence-corrected chi connectivity index (χ2v) is 5.84. The van der Waals surface area contributed by atoms with Crippen LogP contribution >= 0.6 is 11.3 Å². The zero-order valence-electron chi connectivity index (χ0n) is 12.7. The molecule has 22 heavy (non-hydrogen) atoms. The summed E-state index contributed by atoms with van der Waals surface area (Å²) in [6, 6.07) is 9.25. The van der Waals surface area contributed by atoms with Gasteiger partial charge in [-0.3, -0.25) is 0 Å². The first-order valence-electron chi connectivity index (χ1n) is 7.21. The molecule has 0 saturated heterocycles. The van der Waals surface area contributed by atoms with Crippen LogP contribution in [0.2, 0.25) is 0 Å². The summed E-state index contributed by atoms with van der Waals surface area (Å²) in [5.41, 5.74) is 1.70. The third-order valence-corrected chi connectivity index (χ3v) is 4.28. The first kappa shape index (κ1) is 16.5. The fourth-order valence-corrected chi connectivity index (χ4v) is 2.93. The number of aliphatic hydroxyl groups is 1. The first-order chi connectivity index (χ1) is 10.7. The van der Waals surface area contributed by atoms with Gasteiger partial charge in [0.15, 0.2) is 0 Å². The van der Waals surface area contributed by atoms with E-state index in [4.69, 9.17) is 9.47 Å². The quantitative estimate of drug-likeness (QED) is 0.785. The highest BCUT2D eigenvalue weighted by molar-refractivity contribution is 7.12. The lowest BCUT2D eigenvalue weighted by Crippen LogP contribution is -2.04. The van der Waals surface area contributed by atoms with Crippen LogP contribution in [-0.4, -0.2) is 18.2 Å². The maximum absolute atomic E-state index is 11.6. The summed E-state index contributed by atoms with van der Waals surface area (Å²) in [4.78, 5) is 12.2. The Hall–Kier alpha value is -1.85. The lowest BCUT2D eigenvalue weighted by molar-refractivity contribution is 0.0603. The number of benzene rings is 1. The average molecular weight is 320 g/mol. The topological polar surface area (TPSA) is 55.8 Å². The number of aliphatic hydroxyl groups excluding tert-OH is 1. The van der Waals surface area contributed by atoms with E-state index in [-0.39, 0.29) is 5.97 Å². The number of methoxy groups -OCH3 is 1. The molecule has 0 radical (unpaired) electrons. The van der Waals surface area contributed by atoms with Crippen molar-refractivity contribution in [2.24, 2.45) is 0 Å². The summed E-state index contributed by atoms with van der Waals surface area (Å²) in [5.74, 6) is 0.362. The highest BCUT2D eigenvalue weighted by Crippen LogP contribution is 2.23. The SMILES string of the molecule is CCCC(O)c1ccc(OCc2ccsc2C(=O)OC)cc1. The molecule has 2 rings (SSSR count). The van der Waals surface area contributed by atoms with Crippen LogP contribution in [0.4, 0.5) is 0 Å². The van der Waals surface area contributed by atoms with E-state index in [0.717, 1.165) is 24.0 Å². The molecule has 0 aliphatic heterocycles. The van der Waals surface area contributed by atoms with Crippen molar-refractivity contribution in [1.82, 2.24) is 0 Å². The molecule has 0 aliphatic carbocycles. The van der Waals surface area contributed by atoms with Gasteiger partial charge in [0.1, 0.15) is 17.2 Å². The van der Waals surface area contributed by atoms with Crippen molar-refractivity contribution < 1.29 is 19.4 Å². The van der Waals surface area contributed by atoms with E-state index in [1.807, 2.05) is 42.6 Å². The second kappa shape index (κ2) is 7.96. The molecule has 0 spiro atoms. The van der Waals surface area contributed by atoms with Gasteiger partial charge in [0, 0.05) is 5.56 Å². The van der Waals surface area contributed by atoms with Gasteiger partial charge in [-0.25, -0.2) is 4.79 Å². The van der Waals surface area contributed by atoms with Gasteiger partial charge in [-0.15, -0.1) is 11.3 Å². The molecule has 1 unspecified atom stereocenters. The summed E-state index contributed by atoms with van der Waals surface area (Å²) in [6.45, 7) is 2.35. The number of rotatable bonds is 7. The van der Waals surface area contributed by atoms with Crippen LogP contribution in [0.1, 0.15) is 46.7 Å². The fraction of sp³-hybridized carbons (Fsp3) is 0.353. The molecule has 1 heterocycles. The number of hydrogen-bond acceptors (Lipinski definition) is 5. The van der Waals surface area contributed by atoms with Crippen molar-refractivity contribution in [1.29, 1.82) is 0 Å². The van der Waals surface area contributed by atoms with Crippen molar-refractivity contribution in [2.75, 3.05) is 7.11 Å². The molecule has 0 fully saturated rings. The Balaban J connectivity index is 1.98. The Bertz CT molecular complexity index is 603. The molecular formula is C17H20O4S. The molecule has 1 atom stereocenters. The Morgan fingerprint density at radius 3 is 2.64 bits per heavy atom. The van der Waals surface area contributed by atoms with E-state index < -0.39 is 6.10 Å². The first-order valence-corrected chi connectivity index (χ1v) is 8.09. The fourth-order valence-electron chi connectivity index (χ4n) is 2.11. The Labute approximate surface area is 134 Å². The second-order valence-electron chi connectivity index (χ2n) is 4.93. The highest BCUT2D eigenvalue weighted by atomic mass is 32.1. The molecule has 0 aliphatic rings. The van der Waals surface area contributed by atoms with E-state index in [1.54, 1.807) is 0 Å². The van der Waals surface area contributed by atoms with Gasteiger partial charge in [-0.1, -0.05) is 25.5 Å². The number of esters is 1. The molecule has 0 saturated carbocycles. The zero-order valence-corrected chi connectivity index (χ0v) is 13.6. The summed E-state index contributed by atoms with van der Waals surface area (Å²) in [6.07, 6.45) is 1.26. The Kier molecular flexibility index (Phi) is 5.98. The molecule has 2 aromatic rings. The van der Waals surface area contributed by atoms with Crippen LogP contribution in [-0.2, 0) is 11.3 Å². The lowest BCUT2D eigenvalue weighted by Gasteiger charge is -2.11. The molecule has 1 N–H and O–H groups in total. The average Bonchev–Trinajstić information content (AvgIpc) is 3.01. The molecule has 1 aromatic carbocycles. The predicted octanol–water partition coefficient (Wildman–Crippen LogP) is 3.95. The van der Waals surface area contributed by atoms with E-state index in [2.05, 4.69) is 0 Å². The van der Waals surface area contributed by atoms with Gasteiger partial charge in [0.2, 0.25) is 0 Å². The minimum Gasteiger partial charge on any atom is -0.489 e. The maximum atomic E-state index is 11.6. The van der Waals surface area contributed by atoms with Crippen molar-refractivity contribution in [3.8, 4) is 5.75 Å². The molecule has 118 valence electrons. The highest BCUT2D eigenvalue weighted by Gasteiger charge is 2.14. The van der Waals surface area contributed by atoms with Gasteiger partial charge >= 0.3 is 5.97 Å². The minimum atomic E-state index is -0.429. The number of carbonyl (C=O) groups excluding carboxylic acids is 1. The van der Waals surface area contributed by atoms with Crippen molar-refractivity contribution in [3.05, 3.63) is 51.7 Å². The Morgan fingerprint density at radius 1 is 1.27 bits per heavy atom. The number of carbonyl (C=O) groups is 1. The van der Waals surface area contributed by atoms with Gasteiger partial charge in [0.25, 0.3) is 0 Å². The smallest absolute Gasteiger partial charge is 0.348 e. The van der Waals surface area contributed by atoms with Crippen LogP contribution in [0.15, 0.2) is 35.7 Å². The van der Waals surface area contributed by atoms with Gasteiger partial charge in [0.05, 0.1) is 13.2 Å². The van der Waals surface area contributed by atoms with Crippen LogP contribution in [0, 0.1) is 0 Å². The van der Waals surface area contributed by atoms with Crippen molar-refractivity contribution in [3.63, 3.8) is 0 Å². The molecular weight excluding hydrogens is 300 g/mol. The molecule has 4 nitrogen and oxygen atoms in total. The number of ether oxygens (including phenoxy) is 2. The van der Waals surface area contributed by atoms with Crippen LogP contribution in [0.3, 0.4) is 0 Å². The lowest BCUT2D eigenvalue weighted by atomic mass is 10.1. The van der Waals surface area contributed by atoms with E-state index in [1.165, 1.54) is 18.4 Å². The minimum absolute atomic E-state index is 0.310. The van der Waals surface area contributed by atoms with Crippen molar-refractivity contribution >= 4 is 17.3 Å². The summed E-state index contributed by atoms with van der Waals surface area (Å²) < 4.78 is 10.4. The van der Waals surface area contributed by atoms with Crippen molar-refractivity contribution in [2.45, 2.75) is 32.5 Å². The van der Waals surface area contributed by atoms with Crippen LogP contribution in [0.25, 0.3) is 0 Å². The zero-order chi connectivity index (χ0) is 15.9. The third kappa shape index (κ3) is 4.08. The molecule has 0 amide bonds. The summed E-state index contributed by atoms with van der Waals surface area (Å²) in [5, 5.41) is 11.8. The molecule has 1 aromatic heterocycles. The van der Waals surface area contributed by atoms with E-state index >= 15 is 0 Å². The standard InChI is InChI=1S/C17H20O4S/c1-3-4-15(18)12-5-7-14(8-6-12)21-11-13-9-10-22-16(13)17(19)20-2/h5-10,15,18H,3-4,11H2,1-2H3. The number of thiophene rings is 1. The van der Waals surface area contributed by atoms with Gasteiger partial charge in [-0.2, -0.15) is 0 Å². The largest absolute Gasteiger partial charge is 0.489 e. The molecule has 0 bridgehead atoms. The van der Waals surface area contributed by atoms with E-state index in [9.17, 15) is 9.90 Å². The van der Waals surface area contributed by atoms with Gasteiger partial charge < -0.3 is 14.6 Å². The predicted molar refractivity (Wildman–Crippen MR) is 86.3 cm³/mol. The number of hydrogen-bond donors (Lipinski definition) is 1. The van der Waals surface area contributed by atoms with Crippen LogP contribution < -0.4 is 4.74 Å². The summed E-state index contributed by atoms with van der Waals surface area (Å²) in [7, 11) is 1.37. The Morgan fingerprint density at radius 2 is 2.00 bits per heavy atom. The maximum Gasteiger partial charge on any atom is 0.348 e. The van der Waals surface area contributed by atoms with Crippen LogP contribution in [0.5, 0.6) is 5.75 Å². The van der Waals surface area contributed by atoms with Gasteiger partial charge in [-0.05, 0) is 35.6 Å². The molecule has 5 heteroatoms. The van der Waals surface area contributed by atoms with E-state index in [0.29, 0.717) is 17.2 Å².